The van der Waals surface area contributed by atoms with E-state index >= 15 is 0 Å². The van der Waals surface area contributed by atoms with Crippen LogP contribution in [0.5, 0.6) is 0 Å². The van der Waals surface area contributed by atoms with Gasteiger partial charge in [0.1, 0.15) is 24.2 Å². The summed E-state index contributed by atoms with van der Waals surface area (Å²) in [6.07, 6.45) is 7.12. The minimum Gasteiger partial charge on any atom is -0.461 e. The van der Waals surface area contributed by atoms with Crippen LogP contribution in [0.2, 0.25) is 0 Å². The molecule has 1 unspecified atom stereocenters. The fraction of sp³-hybridized carbons (Fsp3) is 0.682. The number of aliphatic hydroxyl groups is 1. The third-order valence-electron chi connectivity index (χ3n) is 6.80. The molecule has 2 saturated heterocycles. The van der Waals surface area contributed by atoms with E-state index in [1.165, 1.54) is 4.90 Å². The van der Waals surface area contributed by atoms with E-state index in [0.717, 1.165) is 0 Å². The molecule has 30 heavy (non-hydrogen) atoms. The van der Waals surface area contributed by atoms with E-state index in [1.54, 1.807) is 37.0 Å². The number of carbonyl (C=O) groups excluding carboxylic acids is 3. The highest BCUT2D eigenvalue weighted by atomic mass is 16.6. The summed E-state index contributed by atoms with van der Waals surface area (Å²) < 4.78 is 11.9. The molecule has 0 bridgehead atoms. The zero-order valence-electron chi connectivity index (χ0n) is 18.1. The SMILES string of the molecule is C[C@H](CO)N1C(=O)[C@@H]2[C@@H]3C(=O)OCC=C[C@]3(C)O[C@@]23C=CCN(C(C)(C)C)C(=O)C13. The molecule has 4 aliphatic rings. The molecule has 1 spiro atoms. The number of cyclic esters (lactones) is 1. The molecule has 0 aromatic heterocycles. The minimum absolute atomic E-state index is 0.120. The Balaban J connectivity index is 1.92. The highest BCUT2D eigenvalue weighted by Gasteiger charge is 2.75. The van der Waals surface area contributed by atoms with E-state index < -0.39 is 46.6 Å². The molecular formula is C22H30N2O6. The average molecular weight is 418 g/mol. The van der Waals surface area contributed by atoms with Crippen LogP contribution in [0, 0.1) is 11.8 Å². The lowest BCUT2D eigenvalue weighted by atomic mass is 9.74. The summed E-state index contributed by atoms with van der Waals surface area (Å²) in [5, 5.41) is 9.85. The Morgan fingerprint density at radius 2 is 1.87 bits per heavy atom. The van der Waals surface area contributed by atoms with Crippen molar-refractivity contribution >= 4 is 17.8 Å². The first-order valence-electron chi connectivity index (χ1n) is 10.4. The standard InChI is InChI=1S/C22H30N2O6/c1-13(12-25)24-16-18(27)23(20(2,3)4)10-6-9-22(16)14(17(24)26)15-19(28)29-11-7-8-21(15,5)30-22/h6-9,13-16,25H,10-12H2,1-5H3/t13-,14+,15-,16?,21+,22+/m1/s1. The number of aliphatic hydroxyl groups excluding tert-OH is 1. The van der Waals surface area contributed by atoms with Gasteiger partial charge in [-0.2, -0.15) is 0 Å². The minimum atomic E-state index is -1.31. The van der Waals surface area contributed by atoms with Crippen LogP contribution < -0.4 is 0 Å². The summed E-state index contributed by atoms with van der Waals surface area (Å²) in [4.78, 5) is 43.6. The van der Waals surface area contributed by atoms with Crippen LogP contribution >= 0.6 is 0 Å². The van der Waals surface area contributed by atoms with Crippen LogP contribution in [-0.4, -0.2) is 81.3 Å². The predicted octanol–water partition coefficient (Wildman–Crippen LogP) is 0.648. The third kappa shape index (κ3) is 2.69. The van der Waals surface area contributed by atoms with Crippen LogP contribution in [-0.2, 0) is 23.9 Å². The molecule has 2 amide bonds. The lowest BCUT2D eigenvalue weighted by molar-refractivity contribution is -0.160. The van der Waals surface area contributed by atoms with Crippen molar-refractivity contribution in [1.82, 2.24) is 9.80 Å². The number of esters is 1. The van der Waals surface area contributed by atoms with Gasteiger partial charge in [0.15, 0.2) is 0 Å². The molecule has 8 heteroatoms. The largest absolute Gasteiger partial charge is 0.461 e. The Kier molecular flexibility index (Phi) is 4.67. The molecule has 6 atom stereocenters. The van der Waals surface area contributed by atoms with Gasteiger partial charge in [-0.1, -0.05) is 18.2 Å². The van der Waals surface area contributed by atoms with Crippen LogP contribution in [0.15, 0.2) is 24.3 Å². The number of fused-ring (bicyclic) bond motifs is 2. The van der Waals surface area contributed by atoms with Crippen LogP contribution in [0.25, 0.3) is 0 Å². The molecule has 0 aromatic rings. The van der Waals surface area contributed by atoms with Gasteiger partial charge < -0.3 is 24.4 Å². The van der Waals surface area contributed by atoms with E-state index in [4.69, 9.17) is 9.47 Å². The van der Waals surface area contributed by atoms with Crippen LogP contribution in [0.4, 0.5) is 0 Å². The van der Waals surface area contributed by atoms with Crippen molar-refractivity contribution in [3.05, 3.63) is 24.3 Å². The third-order valence-corrected chi connectivity index (χ3v) is 6.80. The number of amides is 2. The van der Waals surface area contributed by atoms with Crippen molar-refractivity contribution in [3.8, 4) is 0 Å². The Labute approximate surface area is 176 Å². The quantitative estimate of drug-likeness (QED) is 0.523. The molecule has 0 aliphatic carbocycles. The van der Waals surface area contributed by atoms with Gasteiger partial charge in [-0.15, -0.1) is 0 Å². The summed E-state index contributed by atoms with van der Waals surface area (Å²) in [5.41, 5.74) is -2.85. The summed E-state index contributed by atoms with van der Waals surface area (Å²) in [6.45, 7) is 9.46. The summed E-state index contributed by atoms with van der Waals surface area (Å²) in [7, 11) is 0. The Hall–Kier alpha value is -2.19. The van der Waals surface area contributed by atoms with E-state index in [0.29, 0.717) is 6.54 Å². The zero-order valence-corrected chi connectivity index (χ0v) is 18.1. The number of likely N-dealkylation sites (tertiary alicyclic amines) is 1. The van der Waals surface area contributed by atoms with Crippen molar-refractivity contribution in [2.75, 3.05) is 19.8 Å². The maximum absolute atomic E-state index is 13.8. The monoisotopic (exact) mass is 418 g/mol. The Bertz CT molecular complexity index is 845. The number of ether oxygens (including phenoxy) is 2. The second kappa shape index (κ2) is 6.65. The Morgan fingerprint density at radius 3 is 2.50 bits per heavy atom. The van der Waals surface area contributed by atoms with E-state index in [1.807, 2.05) is 26.8 Å². The first-order chi connectivity index (χ1) is 14.0. The summed E-state index contributed by atoms with van der Waals surface area (Å²) in [6, 6.07) is -1.57. The highest BCUT2D eigenvalue weighted by Crippen LogP contribution is 2.57. The van der Waals surface area contributed by atoms with Crippen LogP contribution in [0.3, 0.4) is 0 Å². The van der Waals surface area contributed by atoms with Gasteiger partial charge in [0, 0.05) is 12.1 Å². The fourth-order valence-electron chi connectivity index (χ4n) is 5.46. The number of hydrogen-bond acceptors (Lipinski definition) is 6. The number of rotatable bonds is 2. The fourth-order valence-corrected chi connectivity index (χ4v) is 5.46. The molecule has 0 saturated carbocycles. The number of carbonyl (C=O) groups is 3. The van der Waals surface area contributed by atoms with Crippen molar-refractivity contribution in [2.24, 2.45) is 11.8 Å². The normalized spacial score (nSPS) is 39.3. The van der Waals surface area contributed by atoms with Gasteiger partial charge in [-0.05, 0) is 40.7 Å². The molecule has 2 fully saturated rings. The lowest BCUT2D eigenvalue weighted by Crippen LogP contribution is -2.60. The van der Waals surface area contributed by atoms with E-state index in [-0.39, 0.29) is 25.0 Å². The second-order valence-electron chi connectivity index (χ2n) is 9.83. The van der Waals surface area contributed by atoms with Crippen molar-refractivity contribution < 1.29 is 29.0 Å². The first-order valence-corrected chi connectivity index (χ1v) is 10.4. The highest BCUT2D eigenvalue weighted by molar-refractivity contribution is 5.99. The van der Waals surface area contributed by atoms with E-state index in [9.17, 15) is 19.5 Å². The van der Waals surface area contributed by atoms with Crippen molar-refractivity contribution in [2.45, 2.75) is 63.4 Å². The van der Waals surface area contributed by atoms with Gasteiger partial charge in [0.25, 0.3) is 0 Å². The molecule has 0 radical (unpaired) electrons. The zero-order chi connectivity index (χ0) is 22.1. The smallest absolute Gasteiger partial charge is 0.313 e. The summed E-state index contributed by atoms with van der Waals surface area (Å²) in [5.74, 6) is -2.90. The lowest BCUT2D eigenvalue weighted by Gasteiger charge is -2.42. The maximum Gasteiger partial charge on any atom is 0.313 e. The topological polar surface area (TPSA) is 96.4 Å². The van der Waals surface area contributed by atoms with Gasteiger partial charge in [-0.3, -0.25) is 14.4 Å². The van der Waals surface area contributed by atoms with Gasteiger partial charge in [-0.25, -0.2) is 0 Å². The molecule has 0 aromatic carbocycles. The molecule has 1 N–H and O–H groups in total. The van der Waals surface area contributed by atoms with Crippen molar-refractivity contribution in [3.63, 3.8) is 0 Å². The van der Waals surface area contributed by atoms with Gasteiger partial charge in [0.2, 0.25) is 11.8 Å². The van der Waals surface area contributed by atoms with Gasteiger partial charge in [0.05, 0.1) is 24.2 Å². The second-order valence-corrected chi connectivity index (χ2v) is 9.83. The average Bonchev–Trinajstić information content (AvgIpc) is 2.91. The van der Waals surface area contributed by atoms with Crippen molar-refractivity contribution in [1.29, 1.82) is 0 Å². The van der Waals surface area contributed by atoms with Gasteiger partial charge >= 0.3 is 5.97 Å². The molecule has 4 aliphatic heterocycles. The molecule has 4 rings (SSSR count). The van der Waals surface area contributed by atoms with Crippen LogP contribution in [0.1, 0.15) is 34.6 Å². The number of hydrogen-bond donors (Lipinski definition) is 1. The molecule has 8 nitrogen and oxygen atoms in total. The number of nitrogens with zero attached hydrogens (tertiary/aromatic N) is 2. The molecule has 164 valence electrons. The first kappa shape index (κ1) is 21.1. The Morgan fingerprint density at radius 1 is 1.17 bits per heavy atom. The van der Waals surface area contributed by atoms with E-state index in [2.05, 4.69) is 0 Å². The predicted molar refractivity (Wildman–Crippen MR) is 107 cm³/mol. The molecule has 4 heterocycles. The summed E-state index contributed by atoms with van der Waals surface area (Å²) >= 11 is 0. The maximum atomic E-state index is 13.8. The molecular weight excluding hydrogens is 388 g/mol.